The van der Waals surface area contributed by atoms with Crippen LogP contribution in [0.5, 0.6) is 0 Å². The predicted molar refractivity (Wildman–Crippen MR) is 96.3 cm³/mol. The lowest BCUT2D eigenvalue weighted by Gasteiger charge is -2.23. The van der Waals surface area contributed by atoms with Gasteiger partial charge in [0.2, 0.25) is 0 Å². The summed E-state index contributed by atoms with van der Waals surface area (Å²) in [5, 5.41) is 26.4. The van der Waals surface area contributed by atoms with Gasteiger partial charge in [-0.25, -0.2) is 0 Å². The van der Waals surface area contributed by atoms with Crippen molar-refractivity contribution >= 4 is 22.8 Å². The van der Waals surface area contributed by atoms with E-state index in [4.69, 9.17) is 0 Å². The zero-order valence-electron chi connectivity index (χ0n) is 13.9. The van der Waals surface area contributed by atoms with Crippen LogP contribution < -0.4 is 5.43 Å². The van der Waals surface area contributed by atoms with E-state index in [1.54, 1.807) is 6.20 Å². The van der Waals surface area contributed by atoms with Crippen LogP contribution in [0.25, 0.3) is 0 Å². The molecule has 0 amide bonds. The Morgan fingerprint density at radius 2 is 1.96 bits per heavy atom. The summed E-state index contributed by atoms with van der Waals surface area (Å²) in [5.74, 6) is 0.0644. The minimum atomic E-state index is -0.666. The molecule has 3 rings (SSSR count). The number of pyridine rings is 1. The van der Waals surface area contributed by atoms with E-state index >= 15 is 0 Å². The van der Waals surface area contributed by atoms with Gasteiger partial charge in [-0.1, -0.05) is 12.5 Å². The molecule has 1 heterocycles. The quantitative estimate of drug-likeness (QED) is 0.638. The highest BCUT2D eigenvalue weighted by molar-refractivity contribution is 5.92. The second kappa shape index (κ2) is 7.68. The first-order valence-corrected chi connectivity index (χ1v) is 8.22. The summed E-state index contributed by atoms with van der Waals surface area (Å²) in [7, 11) is 0. The number of hydrogen-bond acceptors (Lipinski definition) is 7. The molecule has 1 saturated carbocycles. The number of hydrogen-bond donors (Lipinski definition) is 1. The summed E-state index contributed by atoms with van der Waals surface area (Å²) in [6, 6.07) is 9.16. The fourth-order valence-corrected chi connectivity index (χ4v) is 3.04. The van der Waals surface area contributed by atoms with Gasteiger partial charge in [0.15, 0.2) is 0 Å². The van der Waals surface area contributed by atoms with Crippen molar-refractivity contribution in [3.63, 3.8) is 0 Å². The predicted octanol–water partition coefficient (Wildman–Crippen LogP) is 4.02. The minimum Gasteiger partial charge on any atom is -0.272 e. The van der Waals surface area contributed by atoms with Crippen LogP contribution >= 0.6 is 0 Å². The van der Waals surface area contributed by atoms with Crippen LogP contribution in [-0.2, 0) is 0 Å². The third-order valence-corrected chi connectivity index (χ3v) is 4.33. The average Bonchev–Trinajstić information content (AvgIpc) is 2.67. The molecular weight excluding hydrogens is 338 g/mol. The number of nitro benzene ring substituents is 2. The van der Waals surface area contributed by atoms with E-state index in [1.165, 1.54) is 12.1 Å². The number of anilines is 1. The molecule has 0 saturated heterocycles. The Morgan fingerprint density at radius 3 is 2.65 bits per heavy atom. The van der Waals surface area contributed by atoms with Crippen molar-refractivity contribution in [2.45, 2.75) is 31.6 Å². The van der Waals surface area contributed by atoms with E-state index < -0.39 is 9.85 Å². The molecule has 0 aliphatic heterocycles. The lowest BCUT2D eigenvalue weighted by Crippen LogP contribution is -2.20. The Hall–Kier alpha value is -3.36. The first-order valence-electron chi connectivity index (χ1n) is 8.22. The lowest BCUT2D eigenvalue weighted by atomic mass is 9.85. The summed E-state index contributed by atoms with van der Waals surface area (Å²) in [4.78, 5) is 25.1. The highest BCUT2D eigenvalue weighted by atomic mass is 16.6. The van der Waals surface area contributed by atoms with Gasteiger partial charge in [0.05, 0.1) is 15.9 Å². The molecule has 1 fully saturated rings. The van der Waals surface area contributed by atoms with E-state index in [-0.39, 0.29) is 23.0 Å². The maximum Gasteiger partial charge on any atom is 0.301 e. The van der Waals surface area contributed by atoms with Crippen LogP contribution in [0.4, 0.5) is 17.1 Å². The van der Waals surface area contributed by atoms with E-state index in [0.29, 0.717) is 0 Å². The number of nitrogens with one attached hydrogen (secondary N) is 1. The van der Waals surface area contributed by atoms with Gasteiger partial charge in [-0.15, -0.1) is 0 Å². The Kier molecular flexibility index (Phi) is 5.16. The molecule has 1 aromatic heterocycles. The van der Waals surface area contributed by atoms with Crippen LogP contribution in [0.2, 0.25) is 0 Å². The molecule has 134 valence electrons. The first-order chi connectivity index (χ1) is 12.6. The molecule has 1 atom stereocenters. The zero-order valence-corrected chi connectivity index (χ0v) is 13.9. The fourth-order valence-electron chi connectivity index (χ4n) is 3.04. The number of aromatic nitrogens is 1. The first kappa shape index (κ1) is 17.5. The third-order valence-electron chi connectivity index (χ3n) is 4.33. The van der Waals surface area contributed by atoms with Gasteiger partial charge in [-0.05, 0) is 37.5 Å². The summed E-state index contributed by atoms with van der Waals surface area (Å²) in [6.45, 7) is 0. The van der Waals surface area contributed by atoms with Crippen molar-refractivity contribution in [3.8, 4) is 0 Å². The number of benzene rings is 1. The maximum absolute atomic E-state index is 11.2. The summed E-state index contributed by atoms with van der Waals surface area (Å²) < 4.78 is 0. The average molecular weight is 355 g/mol. The van der Waals surface area contributed by atoms with Gasteiger partial charge in [-0.2, -0.15) is 5.10 Å². The summed E-state index contributed by atoms with van der Waals surface area (Å²) in [5.41, 5.74) is 3.93. The number of rotatable bonds is 5. The summed E-state index contributed by atoms with van der Waals surface area (Å²) in [6.07, 6.45) is 5.48. The Balaban J connectivity index is 1.88. The normalized spacial score (nSPS) is 18.5. The Labute approximate surface area is 149 Å². The number of nitro groups is 2. The van der Waals surface area contributed by atoms with Crippen molar-refractivity contribution in [1.29, 1.82) is 0 Å². The van der Waals surface area contributed by atoms with Crippen LogP contribution in [-0.4, -0.2) is 20.5 Å². The molecule has 26 heavy (non-hydrogen) atoms. The van der Waals surface area contributed by atoms with Crippen molar-refractivity contribution in [1.82, 2.24) is 4.98 Å². The molecule has 0 bridgehead atoms. The van der Waals surface area contributed by atoms with Gasteiger partial charge in [-0.3, -0.25) is 30.6 Å². The van der Waals surface area contributed by atoms with Crippen molar-refractivity contribution in [2.75, 3.05) is 5.43 Å². The highest BCUT2D eigenvalue weighted by Gasteiger charge is 2.24. The van der Waals surface area contributed by atoms with Gasteiger partial charge in [0, 0.05) is 29.6 Å². The van der Waals surface area contributed by atoms with Gasteiger partial charge >= 0.3 is 5.69 Å². The maximum atomic E-state index is 11.2. The van der Waals surface area contributed by atoms with Crippen LogP contribution in [0.3, 0.4) is 0 Å². The monoisotopic (exact) mass is 355 g/mol. The van der Waals surface area contributed by atoms with Crippen molar-refractivity contribution in [2.24, 2.45) is 5.10 Å². The molecule has 0 unspecified atom stereocenters. The molecule has 0 radical (unpaired) electrons. The molecule has 1 aliphatic carbocycles. The third kappa shape index (κ3) is 3.82. The van der Waals surface area contributed by atoms with Crippen LogP contribution in [0, 0.1) is 20.2 Å². The standard InChI is InChI=1S/C17H17N5O4/c23-21(24)12-8-9-16(17(11-12)22(25)26)20-19-15-7-2-1-5-13(15)14-6-3-4-10-18-14/h3-4,6,8-11,13,20H,1-2,5,7H2/b19-15-/t13-/m1/s1. The van der Waals surface area contributed by atoms with Crippen molar-refractivity contribution in [3.05, 3.63) is 68.5 Å². The molecular formula is C17H17N5O4. The Morgan fingerprint density at radius 1 is 1.12 bits per heavy atom. The van der Waals surface area contributed by atoms with Crippen LogP contribution in [0.1, 0.15) is 37.3 Å². The number of hydrazone groups is 1. The largest absolute Gasteiger partial charge is 0.301 e. The van der Waals surface area contributed by atoms with Gasteiger partial charge < -0.3 is 0 Å². The van der Waals surface area contributed by atoms with Gasteiger partial charge in [0.1, 0.15) is 5.69 Å². The van der Waals surface area contributed by atoms with E-state index in [1.807, 2.05) is 18.2 Å². The number of nitrogens with zero attached hydrogens (tertiary/aromatic N) is 4. The van der Waals surface area contributed by atoms with E-state index in [2.05, 4.69) is 15.5 Å². The fraction of sp³-hybridized carbons (Fsp3) is 0.294. The molecule has 0 spiro atoms. The Bertz CT molecular complexity index is 853. The molecule has 1 aromatic carbocycles. The molecule has 9 heteroatoms. The lowest BCUT2D eigenvalue weighted by molar-refractivity contribution is -0.393. The summed E-state index contributed by atoms with van der Waals surface area (Å²) >= 11 is 0. The molecule has 9 nitrogen and oxygen atoms in total. The van der Waals surface area contributed by atoms with E-state index in [0.717, 1.165) is 43.2 Å². The topological polar surface area (TPSA) is 124 Å². The molecule has 2 aromatic rings. The molecule has 1 N–H and O–H groups in total. The zero-order chi connectivity index (χ0) is 18.5. The highest BCUT2D eigenvalue weighted by Crippen LogP contribution is 2.32. The second-order valence-corrected chi connectivity index (χ2v) is 5.98. The van der Waals surface area contributed by atoms with Gasteiger partial charge in [0.25, 0.3) is 5.69 Å². The van der Waals surface area contributed by atoms with Crippen molar-refractivity contribution < 1.29 is 9.85 Å². The molecule has 1 aliphatic rings. The van der Waals surface area contributed by atoms with E-state index in [9.17, 15) is 20.2 Å². The smallest absolute Gasteiger partial charge is 0.272 e. The van der Waals surface area contributed by atoms with Crippen LogP contribution in [0.15, 0.2) is 47.7 Å². The SMILES string of the molecule is O=[N+]([O-])c1ccc(N/N=C2/CCCC[C@@H]2c2ccccn2)c([N+](=O)[O-])c1. The minimum absolute atomic E-state index is 0.0644. The second-order valence-electron chi connectivity index (χ2n) is 5.98. The number of non-ortho nitro benzene ring substituents is 1.